The lowest BCUT2D eigenvalue weighted by atomic mass is 9.91. The summed E-state index contributed by atoms with van der Waals surface area (Å²) in [6, 6.07) is 14.6. The number of aryl methyl sites for hydroxylation is 3. The van der Waals surface area contributed by atoms with Crippen LogP contribution in [0.2, 0.25) is 0 Å². The van der Waals surface area contributed by atoms with Crippen LogP contribution in [0.4, 0.5) is 17.3 Å². The molecule has 3 N–H and O–H groups in total. The van der Waals surface area contributed by atoms with E-state index in [9.17, 15) is 0 Å². The second kappa shape index (κ2) is 10.4. The maximum atomic E-state index is 6.26. The molecule has 8 nitrogen and oxygen atoms in total. The molecule has 0 bridgehead atoms. The third-order valence-electron chi connectivity index (χ3n) is 7.10. The number of aromatic nitrogens is 4. The summed E-state index contributed by atoms with van der Waals surface area (Å²) in [6.45, 7) is 11.1. The predicted octanol–water partition coefficient (Wildman–Crippen LogP) is 6.90. The maximum Gasteiger partial charge on any atom is 0.201 e. The number of nitrogens with two attached hydrogens (primary N) is 1. The Morgan fingerprint density at radius 3 is 2.49 bits per heavy atom. The Kier molecular flexibility index (Phi) is 6.95. The van der Waals surface area contributed by atoms with Crippen molar-refractivity contribution in [2.24, 2.45) is 7.05 Å². The number of fused-ring (bicyclic) bond motifs is 1. The topological polar surface area (TPSA) is 92.2 Å². The van der Waals surface area contributed by atoms with Gasteiger partial charge in [0.25, 0.3) is 0 Å². The molecule has 3 aromatic carbocycles. The van der Waals surface area contributed by atoms with E-state index in [1.807, 2.05) is 54.4 Å². The summed E-state index contributed by atoms with van der Waals surface area (Å²) in [5.41, 5.74) is 16.1. The van der Waals surface area contributed by atoms with E-state index in [2.05, 4.69) is 55.3 Å². The highest BCUT2D eigenvalue weighted by Crippen LogP contribution is 2.42. The molecule has 0 atom stereocenters. The van der Waals surface area contributed by atoms with E-state index in [-0.39, 0.29) is 0 Å². The third kappa shape index (κ3) is 4.78. The molecule has 39 heavy (non-hydrogen) atoms. The summed E-state index contributed by atoms with van der Waals surface area (Å²) in [5.74, 6) is 2.42. The molecule has 0 unspecified atom stereocenters. The van der Waals surface area contributed by atoms with E-state index in [0.717, 1.165) is 62.0 Å². The Balaban J connectivity index is 1.68. The largest absolute Gasteiger partial charge is 0.494 e. The number of hydrogen-bond donors (Lipinski definition) is 2. The number of nitrogens with zero attached hydrogens (tertiary/aromatic N) is 4. The third-order valence-corrected chi connectivity index (χ3v) is 7.10. The first-order valence-electron chi connectivity index (χ1n) is 13.2. The fourth-order valence-electron chi connectivity index (χ4n) is 5.01. The lowest BCUT2D eigenvalue weighted by molar-refractivity contribution is 0.335. The van der Waals surface area contributed by atoms with Gasteiger partial charge in [-0.05, 0) is 73.7 Å². The maximum absolute atomic E-state index is 6.26. The first-order chi connectivity index (χ1) is 18.7. The molecule has 0 aliphatic rings. The highest BCUT2D eigenvalue weighted by Gasteiger charge is 2.20. The normalized spacial score (nSPS) is 11.4. The fourth-order valence-corrected chi connectivity index (χ4v) is 5.01. The second-order valence-corrected chi connectivity index (χ2v) is 10.1. The van der Waals surface area contributed by atoms with Crippen LogP contribution in [-0.2, 0) is 7.05 Å². The van der Waals surface area contributed by atoms with Gasteiger partial charge in [0, 0.05) is 30.6 Å². The number of nitrogen functional groups attached to an aromatic ring is 1. The van der Waals surface area contributed by atoms with Crippen LogP contribution in [0.5, 0.6) is 11.5 Å². The highest BCUT2D eigenvalue weighted by atomic mass is 16.5. The number of hydrogen-bond acceptors (Lipinski definition) is 6. The molecule has 2 aromatic heterocycles. The van der Waals surface area contributed by atoms with Gasteiger partial charge in [-0.2, -0.15) is 0 Å². The molecular weight excluding hydrogens is 488 g/mol. The summed E-state index contributed by atoms with van der Waals surface area (Å²) >= 11 is 0. The fraction of sp³-hybridized carbons (Fsp3) is 0.290. The van der Waals surface area contributed by atoms with Crippen LogP contribution in [0.3, 0.4) is 0 Å². The molecule has 0 fully saturated rings. The molecule has 5 rings (SSSR count). The molecule has 202 valence electrons. The molecule has 0 aliphatic carbocycles. The molecular formula is C31H36N6O2. The standard InChI is InChI=1S/C31H36N6O2/c1-8-39-27-13-19(4)24(15-23(27)18(2)3)22-10-12-26-30(35-31(32)36(26)6)29(22)34-21-9-11-25(28(14-21)38-7)37-16-20(5)33-17-37/h9-18,34H,8H2,1-7H3,(H2,32,35). The van der Waals surface area contributed by atoms with E-state index in [0.29, 0.717) is 18.5 Å². The van der Waals surface area contributed by atoms with E-state index in [1.54, 1.807) is 13.4 Å². The van der Waals surface area contributed by atoms with Crippen LogP contribution in [0.25, 0.3) is 27.8 Å². The van der Waals surface area contributed by atoms with Crippen molar-refractivity contribution < 1.29 is 9.47 Å². The number of nitrogens with one attached hydrogen (secondary N) is 1. The van der Waals surface area contributed by atoms with Crippen molar-refractivity contribution in [2.45, 2.75) is 40.5 Å². The quantitative estimate of drug-likeness (QED) is 0.229. The first-order valence-corrected chi connectivity index (χ1v) is 13.2. The van der Waals surface area contributed by atoms with Crippen molar-refractivity contribution in [3.05, 3.63) is 71.8 Å². The van der Waals surface area contributed by atoms with Crippen LogP contribution < -0.4 is 20.5 Å². The minimum absolute atomic E-state index is 0.306. The highest BCUT2D eigenvalue weighted by molar-refractivity contribution is 6.01. The minimum atomic E-state index is 0.306. The SMILES string of the molecule is CCOc1cc(C)c(-c2ccc3c(nc(N)n3C)c2Nc2ccc(-n3cnc(C)c3)c(OC)c2)cc1C(C)C. The summed E-state index contributed by atoms with van der Waals surface area (Å²) in [7, 11) is 3.60. The Hall–Kier alpha value is -4.46. The molecule has 0 aliphatic heterocycles. The second-order valence-electron chi connectivity index (χ2n) is 10.1. The molecule has 0 saturated carbocycles. The number of imidazole rings is 2. The molecule has 0 amide bonds. The average Bonchev–Trinajstić information content (AvgIpc) is 3.47. The zero-order chi connectivity index (χ0) is 27.8. The van der Waals surface area contributed by atoms with Crippen LogP contribution >= 0.6 is 0 Å². The predicted molar refractivity (Wildman–Crippen MR) is 159 cm³/mol. The van der Waals surface area contributed by atoms with E-state index >= 15 is 0 Å². The van der Waals surface area contributed by atoms with Crippen LogP contribution in [0.1, 0.15) is 43.5 Å². The number of rotatable bonds is 8. The number of benzene rings is 3. The first kappa shape index (κ1) is 26.2. The Bertz CT molecular complexity index is 1660. The van der Waals surface area contributed by atoms with E-state index in [4.69, 9.17) is 20.2 Å². The summed E-state index contributed by atoms with van der Waals surface area (Å²) in [5, 5.41) is 3.66. The monoisotopic (exact) mass is 524 g/mol. The van der Waals surface area contributed by atoms with Crippen molar-refractivity contribution in [3.63, 3.8) is 0 Å². The van der Waals surface area contributed by atoms with Crippen LogP contribution in [0, 0.1) is 13.8 Å². The van der Waals surface area contributed by atoms with E-state index < -0.39 is 0 Å². The van der Waals surface area contributed by atoms with Crippen LogP contribution in [-0.4, -0.2) is 32.8 Å². The summed E-state index contributed by atoms with van der Waals surface area (Å²) < 4.78 is 15.6. The van der Waals surface area contributed by atoms with Gasteiger partial charge in [-0.25, -0.2) is 9.97 Å². The van der Waals surface area contributed by atoms with Crippen molar-refractivity contribution in [1.82, 2.24) is 19.1 Å². The Morgan fingerprint density at radius 1 is 1.03 bits per heavy atom. The lowest BCUT2D eigenvalue weighted by Crippen LogP contribution is -2.02. The van der Waals surface area contributed by atoms with Gasteiger partial charge in [-0.15, -0.1) is 0 Å². The Labute approximate surface area is 229 Å². The van der Waals surface area contributed by atoms with Crippen molar-refractivity contribution in [2.75, 3.05) is 24.8 Å². The molecule has 5 aromatic rings. The van der Waals surface area contributed by atoms with Gasteiger partial charge in [0.05, 0.1) is 42.6 Å². The zero-order valence-electron chi connectivity index (χ0n) is 23.7. The van der Waals surface area contributed by atoms with Gasteiger partial charge in [-0.3, -0.25) is 0 Å². The minimum Gasteiger partial charge on any atom is -0.494 e. The zero-order valence-corrected chi connectivity index (χ0v) is 23.7. The number of ether oxygens (including phenoxy) is 2. The van der Waals surface area contributed by atoms with Crippen molar-refractivity contribution in [3.8, 4) is 28.3 Å². The average molecular weight is 525 g/mol. The smallest absolute Gasteiger partial charge is 0.201 e. The van der Waals surface area contributed by atoms with Gasteiger partial charge in [0.15, 0.2) is 0 Å². The lowest BCUT2D eigenvalue weighted by Gasteiger charge is -2.20. The molecule has 8 heteroatoms. The van der Waals surface area contributed by atoms with Gasteiger partial charge in [-0.1, -0.05) is 19.9 Å². The van der Waals surface area contributed by atoms with E-state index in [1.165, 1.54) is 5.56 Å². The molecule has 0 spiro atoms. The number of anilines is 3. The van der Waals surface area contributed by atoms with Crippen molar-refractivity contribution >= 4 is 28.4 Å². The van der Waals surface area contributed by atoms with Gasteiger partial charge in [0.1, 0.15) is 17.0 Å². The summed E-state index contributed by atoms with van der Waals surface area (Å²) in [6.07, 6.45) is 3.76. The Morgan fingerprint density at radius 2 is 1.82 bits per heavy atom. The van der Waals surface area contributed by atoms with Gasteiger partial charge in [0.2, 0.25) is 5.95 Å². The van der Waals surface area contributed by atoms with Gasteiger partial charge < -0.3 is 29.7 Å². The summed E-state index contributed by atoms with van der Waals surface area (Å²) in [4.78, 5) is 9.10. The van der Waals surface area contributed by atoms with Crippen LogP contribution in [0.15, 0.2) is 55.0 Å². The van der Waals surface area contributed by atoms with Gasteiger partial charge >= 0.3 is 0 Å². The van der Waals surface area contributed by atoms with Crippen molar-refractivity contribution in [1.29, 1.82) is 0 Å². The molecule has 0 radical (unpaired) electrons. The molecule has 2 heterocycles. The number of methoxy groups -OCH3 is 1. The molecule has 0 saturated heterocycles.